The zero-order valence-electron chi connectivity index (χ0n) is 10.6. The van der Waals surface area contributed by atoms with Crippen LogP contribution >= 0.6 is 0 Å². The number of nitrogen functional groups attached to an aromatic ring is 1. The van der Waals surface area contributed by atoms with E-state index in [-0.39, 0.29) is 17.3 Å². The third-order valence-corrected chi connectivity index (χ3v) is 2.48. The van der Waals surface area contributed by atoms with Crippen molar-refractivity contribution in [3.63, 3.8) is 0 Å². The van der Waals surface area contributed by atoms with Crippen molar-refractivity contribution in [3.8, 4) is 0 Å². The molecule has 1 heterocycles. The van der Waals surface area contributed by atoms with Crippen LogP contribution in [0.25, 0.3) is 0 Å². The second kappa shape index (κ2) is 4.89. The van der Waals surface area contributed by atoms with Crippen LogP contribution in [0.5, 0.6) is 0 Å². The molecular weight excluding hydrogens is 244 g/mol. The largest absolute Gasteiger partial charge is 0.380 e. The maximum Gasteiger partial charge on any atom is 0.247 e. The summed E-state index contributed by atoms with van der Waals surface area (Å²) in [6.07, 6.45) is 0. The van der Waals surface area contributed by atoms with Crippen molar-refractivity contribution in [2.45, 2.75) is 13.8 Å². The Kier molecular flexibility index (Phi) is 3.28. The third-order valence-electron chi connectivity index (χ3n) is 2.48. The zero-order chi connectivity index (χ0) is 14.0. The Labute approximate surface area is 109 Å². The van der Waals surface area contributed by atoms with Crippen molar-refractivity contribution >= 4 is 23.4 Å². The van der Waals surface area contributed by atoms with Gasteiger partial charge in [-0.25, -0.2) is 0 Å². The summed E-state index contributed by atoms with van der Waals surface area (Å²) in [5.74, 6) is -0.279. The third kappa shape index (κ3) is 2.76. The maximum absolute atomic E-state index is 11.3. The molecule has 19 heavy (non-hydrogen) atoms. The second-order valence-corrected chi connectivity index (χ2v) is 4.09. The average molecular weight is 258 g/mol. The minimum atomic E-state index is -0.397. The van der Waals surface area contributed by atoms with Gasteiger partial charge in [0.15, 0.2) is 11.3 Å². The van der Waals surface area contributed by atoms with Crippen LogP contribution in [0.2, 0.25) is 0 Å². The van der Waals surface area contributed by atoms with E-state index in [0.29, 0.717) is 0 Å². The van der Waals surface area contributed by atoms with E-state index in [1.54, 1.807) is 0 Å². The molecule has 4 N–H and O–H groups in total. The predicted octanol–water partition coefficient (Wildman–Crippen LogP) is 1.05. The first-order valence-corrected chi connectivity index (χ1v) is 5.63. The van der Waals surface area contributed by atoms with Crippen LogP contribution < -0.4 is 16.5 Å². The summed E-state index contributed by atoms with van der Waals surface area (Å²) in [6.45, 7) is 3.29. The number of carbonyl (C=O) groups is 1. The Balaban J connectivity index is 2.38. The topological polar surface area (TPSA) is 110 Å². The van der Waals surface area contributed by atoms with Gasteiger partial charge >= 0.3 is 0 Å². The van der Waals surface area contributed by atoms with Crippen molar-refractivity contribution in [3.05, 3.63) is 35.3 Å². The molecule has 0 fully saturated rings. The standard InChI is InChI=1S/C12H14N6O/c1-7-3-5-9(6-4-7)15-12-16-10(13)11(14)18(17-12)8(2)19/h3-6,14H,1-2H3,(H3,13,15,16,17). The Morgan fingerprint density at radius 1 is 1.37 bits per heavy atom. The summed E-state index contributed by atoms with van der Waals surface area (Å²) in [7, 11) is 0. The first-order chi connectivity index (χ1) is 8.97. The fourth-order valence-electron chi connectivity index (χ4n) is 1.49. The van der Waals surface area contributed by atoms with Crippen LogP contribution in [0.15, 0.2) is 24.3 Å². The van der Waals surface area contributed by atoms with Crippen LogP contribution in [-0.2, 0) is 0 Å². The van der Waals surface area contributed by atoms with Gasteiger partial charge in [0, 0.05) is 12.6 Å². The number of rotatable bonds is 2. The summed E-state index contributed by atoms with van der Waals surface area (Å²) in [5.41, 5.74) is 7.27. The number of aromatic nitrogens is 3. The number of aryl methyl sites for hydroxylation is 1. The fraction of sp³-hybridized carbons (Fsp3) is 0.167. The normalized spacial score (nSPS) is 10.2. The molecule has 0 saturated heterocycles. The average Bonchev–Trinajstić information content (AvgIpc) is 2.36. The lowest BCUT2D eigenvalue weighted by Crippen LogP contribution is -2.31. The van der Waals surface area contributed by atoms with Gasteiger partial charge in [-0.1, -0.05) is 17.7 Å². The lowest BCUT2D eigenvalue weighted by Gasteiger charge is -2.08. The van der Waals surface area contributed by atoms with Crippen LogP contribution in [0.3, 0.4) is 0 Å². The van der Waals surface area contributed by atoms with E-state index in [4.69, 9.17) is 11.1 Å². The van der Waals surface area contributed by atoms with Gasteiger partial charge in [0.2, 0.25) is 11.9 Å². The van der Waals surface area contributed by atoms with E-state index in [2.05, 4.69) is 15.4 Å². The van der Waals surface area contributed by atoms with E-state index >= 15 is 0 Å². The number of carbonyl (C=O) groups excluding carboxylic acids is 1. The lowest BCUT2D eigenvalue weighted by molar-refractivity contribution is 0.0913. The van der Waals surface area contributed by atoms with Crippen LogP contribution in [0.4, 0.5) is 17.5 Å². The summed E-state index contributed by atoms with van der Waals surface area (Å²) < 4.78 is 0.902. The molecule has 0 amide bonds. The van der Waals surface area contributed by atoms with Gasteiger partial charge in [-0.05, 0) is 19.1 Å². The lowest BCUT2D eigenvalue weighted by atomic mass is 10.2. The van der Waals surface area contributed by atoms with Gasteiger partial charge < -0.3 is 11.1 Å². The van der Waals surface area contributed by atoms with Gasteiger partial charge in [0.05, 0.1) is 0 Å². The van der Waals surface area contributed by atoms with E-state index in [0.717, 1.165) is 15.9 Å². The molecule has 1 aromatic carbocycles. The molecule has 0 saturated carbocycles. The molecule has 0 atom stereocenters. The van der Waals surface area contributed by atoms with Crippen LogP contribution in [0, 0.1) is 12.3 Å². The molecule has 1 aromatic heterocycles. The monoisotopic (exact) mass is 258 g/mol. The number of nitrogens with one attached hydrogen (secondary N) is 2. The number of nitrogens with zero attached hydrogens (tertiary/aromatic N) is 3. The number of hydrogen-bond donors (Lipinski definition) is 3. The highest BCUT2D eigenvalue weighted by Gasteiger charge is 2.08. The molecule has 0 aliphatic rings. The van der Waals surface area contributed by atoms with Crippen LogP contribution in [0.1, 0.15) is 17.3 Å². The molecular formula is C12H14N6O. The summed E-state index contributed by atoms with van der Waals surface area (Å²) in [4.78, 5) is 15.3. The van der Waals surface area contributed by atoms with E-state index in [9.17, 15) is 4.79 Å². The van der Waals surface area contributed by atoms with E-state index < -0.39 is 5.91 Å². The highest BCUT2D eigenvalue weighted by Crippen LogP contribution is 2.13. The van der Waals surface area contributed by atoms with Crippen LogP contribution in [-0.4, -0.2) is 20.7 Å². The van der Waals surface area contributed by atoms with Gasteiger partial charge in [-0.2, -0.15) is 9.67 Å². The molecule has 7 nitrogen and oxygen atoms in total. The predicted molar refractivity (Wildman–Crippen MR) is 71.1 cm³/mol. The minimum absolute atomic E-state index is 0.0557. The van der Waals surface area contributed by atoms with Crippen molar-refractivity contribution in [2.75, 3.05) is 11.1 Å². The fourth-order valence-corrected chi connectivity index (χ4v) is 1.49. The molecule has 0 radical (unpaired) electrons. The Bertz CT molecular complexity index is 674. The minimum Gasteiger partial charge on any atom is -0.380 e. The maximum atomic E-state index is 11.3. The number of anilines is 3. The number of hydrogen-bond acceptors (Lipinski definition) is 6. The Morgan fingerprint density at radius 3 is 2.58 bits per heavy atom. The zero-order valence-corrected chi connectivity index (χ0v) is 10.6. The number of benzene rings is 1. The van der Waals surface area contributed by atoms with Gasteiger partial charge in [-0.3, -0.25) is 10.2 Å². The van der Waals surface area contributed by atoms with Crippen molar-refractivity contribution < 1.29 is 4.79 Å². The van der Waals surface area contributed by atoms with E-state index in [1.165, 1.54) is 6.92 Å². The molecule has 0 aliphatic heterocycles. The van der Waals surface area contributed by atoms with Gasteiger partial charge in [-0.15, -0.1) is 5.10 Å². The SMILES string of the molecule is CC(=O)n1nc(Nc2ccc(C)cc2)nc(N)c1=N. The Hall–Kier alpha value is -2.70. The molecule has 2 aromatic rings. The second-order valence-electron chi connectivity index (χ2n) is 4.09. The summed E-state index contributed by atoms with van der Waals surface area (Å²) in [6, 6.07) is 7.59. The molecule has 0 aliphatic carbocycles. The summed E-state index contributed by atoms with van der Waals surface area (Å²) >= 11 is 0. The van der Waals surface area contributed by atoms with E-state index in [1.807, 2.05) is 31.2 Å². The molecule has 98 valence electrons. The quantitative estimate of drug-likeness (QED) is 0.745. The smallest absolute Gasteiger partial charge is 0.247 e. The van der Waals surface area contributed by atoms with Crippen molar-refractivity contribution in [1.29, 1.82) is 5.41 Å². The first-order valence-electron chi connectivity index (χ1n) is 5.63. The van der Waals surface area contributed by atoms with Gasteiger partial charge in [0.25, 0.3) is 0 Å². The molecule has 2 rings (SSSR count). The molecule has 7 heteroatoms. The molecule has 0 bridgehead atoms. The molecule has 0 spiro atoms. The first kappa shape index (κ1) is 12.7. The highest BCUT2D eigenvalue weighted by molar-refractivity contribution is 5.75. The van der Waals surface area contributed by atoms with Crippen molar-refractivity contribution in [1.82, 2.24) is 14.8 Å². The van der Waals surface area contributed by atoms with Crippen molar-refractivity contribution in [2.24, 2.45) is 0 Å². The Morgan fingerprint density at radius 2 is 2.00 bits per heavy atom. The van der Waals surface area contributed by atoms with Gasteiger partial charge in [0.1, 0.15) is 0 Å². The number of nitrogens with two attached hydrogens (primary N) is 1. The molecule has 0 unspecified atom stereocenters. The highest BCUT2D eigenvalue weighted by atomic mass is 16.2. The summed E-state index contributed by atoms with van der Waals surface area (Å²) in [5, 5.41) is 14.5.